The van der Waals surface area contributed by atoms with E-state index in [-0.39, 0.29) is 5.91 Å². The molecule has 19 heavy (non-hydrogen) atoms. The summed E-state index contributed by atoms with van der Waals surface area (Å²) in [6, 6.07) is 0. The van der Waals surface area contributed by atoms with Crippen LogP contribution in [0, 0.1) is 13.8 Å². The van der Waals surface area contributed by atoms with Gasteiger partial charge in [-0.25, -0.2) is 9.97 Å². The minimum atomic E-state index is -0.735. The number of carbonyl (C=O) groups is 1. The number of aromatic nitrogens is 4. The summed E-state index contributed by atoms with van der Waals surface area (Å²) in [6.07, 6.45) is 2.74. The maximum Gasteiger partial charge on any atom is 0.255 e. The average Bonchev–Trinajstić information content (AvgIpc) is 2.81. The van der Waals surface area contributed by atoms with Crippen molar-refractivity contribution in [1.29, 1.82) is 0 Å². The molecule has 1 amide bonds. The maximum atomic E-state index is 12.2. The molecule has 0 aliphatic heterocycles. The first kappa shape index (κ1) is 13.1. The van der Waals surface area contributed by atoms with Gasteiger partial charge in [-0.05, 0) is 27.7 Å². The third-order valence-corrected chi connectivity index (χ3v) is 2.69. The van der Waals surface area contributed by atoms with E-state index in [9.17, 15) is 4.79 Å². The van der Waals surface area contributed by atoms with E-state index in [1.165, 1.54) is 12.6 Å². The monoisotopic (exact) mass is 261 g/mol. The zero-order valence-electron chi connectivity index (χ0n) is 11.3. The lowest BCUT2D eigenvalue weighted by molar-refractivity contribution is 0.0906. The number of carbonyl (C=O) groups excluding carboxylic acids is 1. The summed E-state index contributed by atoms with van der Waals surface area (Å²) < 4.78 is 4.69. The molecule has 0 aliphatic rings. The van der Waals surface area contributed by atoms with Gasteiger partial charge in [-0.15, -0.1) is 0 Å². The number of rotatable bonds is 3. The minimum absolute atomic E-state index is 0.271. The van der Waals surface area contributed by atoms with E-state index in [0.717, 1.165) is 0 Å². The van der Waals surface area contributed by atoms with Crippen LogP contribution in [0.25, 0.3) is 0 Å². The molecule has 0 fully saturated rings. The first-order valence-electron chi connectivity index (χ1n) is 5.80. The summed E-state index contributed by atoms with van der Waals surface area (Å²) >= 11 is 0. The van der Waals surface area contributed by atoms with Crippen LogP contribution in [0.5, 0.6) is 0 Å². The van der Waals surface area contributed by atoms with Crippen molar-refractivity contribution in [2.45, 2.75) is 33.2 Å². The number of hydrogen-bond acceptors (Lipinski definition) is 6. The third kappa shape index (κ3) is 2.75. The van der Waals surface area contributed by atoms with Gasteiger partial charge in [0.1, 0.15) is 5.82 Å². The molecule has 2 rings (SSSR count). The van der Waals surface area contributed by atoms with E-state index in [1.54, 1.807) is 27.7 Å². The number of nitrogens with one attached hydrogen (secondary N) is 1. The molecule has 0 radical (unpaired) electrons. The lowest BCUT2D eigenvalue weighted by Crippen LogP contribution is -2.42. The SMILES string of the molecule is Cc1ncc(C(=O)NC(C)(C)c2ncon2)c(C)n1. The molecule has 0 atom stereocenters. The number of amides is 1. The first-order chi connectivity index (χ1) is 8.90. The molecule has 100 valence electrons. The molecule has 1 N–H and O–H groups in total. The van der Waals surface area contributed by atoms with Crippen LogP contribution in [0.4, 0.5) is 0 Å². The highest BCUT2D eigenvalue weighted by Gasteiger charge is 2.28. The van der Waals surface area contributed by atoms with Crippen molar-refractivity contribution < 1.29 is 9.32 Å². The smallest absolute Gasteiger partial charge is 0.255 e. The van der Waals surface area contributed by atoms with Crippen molar-refractivity contribution in [2.24, 2.45) is 0 Å². The molecule has 2 heterocycles. The Morgan fingerprint density at radius 1 is 1.32 bits per heavy atom. The Morgan fingerprint density at radius 2 is 2.05 bits per heavy atom. The molecule has 2 aromatic heterocycles. The van der Waals surface area contributed by atoms with Gasteiger partial charge < -0.3 is 9.84 Å². The van der Waals surface area contributed by atoms with E-state index in [2.05, 4.69) is 25.4 Å². The van der Waals surface area contributed by atoms with Crippen molar-refractivity contribution in [3.05, 3.63) is 35.5 Å². The Hall–Kier alpha value is -2.31. The van der Waals surface area contributed by atoms with Crippen LogP contribution in [-0.4, -0.2) is 26.0 Å². The Balaban J connectivity index is 2.21. The highest BCUT2D eigenvalue weighted by Crippen LogP contribution is 2.16. The van der Waals surface area contributed by atoms with E-state index in [0.29, 0.717) is 22.9 Å². The van der Waals surface area contributed by atoms with Gasteiger partial charge >= 0.3 is 0 Å². The zero-order valence-corrected chi connectivity index (χ0v) is 11.3. The van der Waals surface area contributed by atoms with Gasteiger partial charge in [-0.2, -0.15) is 4.98 Å². The van der Waals surface area contributed by atoms with Gasteiger partial charge in [-0.3, -0.25) is 4.79 Å². The standard InChI is InChI=1S/C12H15N5O2/c1-7-9(5-13-8(2)15-7)10(18)16-12(3,4)11-14-6-19-17-11/h5-6H,1-4H3,(H,16,18). The fourth-order valence-electron chi connectivity index (χ4n) is 1.66. The van der Waals surface area contributed by atoms with Crippen LogP contribution in [0.3, 0.4) is 0 Å². The second kappa shape index (κ2) is 4.75. The van der Waals surface area contributed by atoms with Crippen LogP contribution >= 0.6 is 0 Å². The van der Waals surface area contributed by atoms with Crippen LogP contribution in [-0.2, 0) is 5.54 Å². The van der Waals surface area contributed by atoms with Crippen LogP contribution in [0.2, 0.25) is 0 Å². The molecule has 0 spiro atoms. The predicted molar refractivity (Wildman–Crippen MR) is 66.3 cm³/mol. The summed E-state index contributed by atoms with van der Waals surface area (Å²) in [4.78, 5) is 24.4. The van der Waals surface area contributed by atoms with Crippen LogP contribution in [0.15, 0.2) is 17.1 Å². The second-order valence-electron chi connectivity index (χ2n) is 4.75. The van der Waals surface area contributed by atoms with Gasteiger partial charge in [0.2, 0.25) is 6.39 Å². The quantitative estimate of drug-likeness (QED) is 0.890. The molecule has 7 nitrogen and oxygen atoms in total. The Morgan fingerprint density at radius 3 is 2.63 bits per heavy atom. The van der Waals surface area contributed by atoms with Gasteiger partial charge in [0.25, 0.3) is 5.91 Å². The van der Waals surface area contributed by atoms with Crippen molar-refractivity contribution in [3.63, 3.8) is 0 Å². The fourth-order valence-corrected chi connectivity index (χ4v) is 1.66. The zero-order chi connectivity index (χ0) is 14.0. The topological polar surface area (TPSA) is 93.8 Å². The molecular weight excluding hydrogens is 246 g/mol. The Labute approximate surface area is 110 Å². The molecule has 0 saturated carbocycles. The van der Waals surface area contributed by atoms with E-state index in [1.807, 2.05) is 0 Å². The molecule has 0 aliphatic carbocycles. The minimum Gasteiger partial charge on any atom is -0.343 e. The van der Waals surface area contributed by atoms with Gasteiger partial charge in [0, 0.05) is 6.20 Å². The number of hydrogen-bond donors (Lipinski definition) is 1. The van der Waals surface area contributed by atoms with Crippen molar-refractivity contribution in [2.75, 3.05) is 0 Å². The molecular formula is C12H15N5O2. The summed E-state index contributed by atoms with van der Waals surface area (Å²) in [5, 5.41) is 6.57. The van der Waals surface area contributed by atoms with Gasteiger partial charge in [0.15, 0.2) is 5.82 Å². The first-order valence-corrected chi connectivity index (χ1v) is 5.80. The van der Waals surface area contributed by atoms with Gasteiger partial charge in [0.05, 0.1) is 16.8 Å². The third-order valence-electron chi connectivity index (χ3n) is 2.69. The molecule has 0 unspecified atom stereocenters. The summed E-state index contributed by atoms with van der Waals surface area (Å²) in [5.41, 5.74) is 0.331. The summed E-state index contributed by atoms with van der Waals surface area (Å²) in [6.45, 7) is 7.13. The number of aryl methyl sites for hydroxylation is 2. The largest absolute Gasteiger partial charge is 0.343 e. The van der Waals surface area contributed by atoms with E-state index < -0.39 is 5.54 Å². The van der Waals surface area contributed by atoms with Crippen molar-refractivity contribution in [3.8, 4) is 0 Å². The maximum absolute atomic E-state index is 12.2. The molecule has 7 heteroatoms. The van der Waals surface area contributed by atoms with Crippen LogP contribution in [0.1, 0.15) is 41.5 Å². The normalized spacial score (nSPS) is 11.4. The fraction of sp³-hybridized carbons (Fsp3) is 0.417. The molecule has 0 aromatic carbocycles. The molecule has 0 bridgehead atoms. The molecule has 0 saturated heterocycles. The highest BCUT2D eigenvalue weighted by molar-refractivity contribution is 5.95. The van der Waals surface area contributed by atoms with E-state index in [4.69, 9.17) is 4.52 Å². The summed E-state index contributed by atoms with van der Waals surface area (Å²) in [5.74, 6) is 0.769. The van der Waals surface area contributed by atoms with Crippen LogP contribution < -0.4 is 5.32 Å². The second-order valence-corrected chi connectivity index (χ2v) is 4.75. The summed E-state index contributed by atoms with van der Waals surface area (Å²) in [7, 11) is 0. The van der Waals surface area contributed by atoms with Crippen molar-refractivity contribution >= 4 is 5.91 Å². The lowest BCUT2D eigenvalue weighted by Gasteiger charge is -2.22. The van der Waals surface area contributed by atoms with Gasteiger partial charge in [-0.1, -0.05) is 5.16 Å². The molecule has 2 aromatic rings. The average molecular weight is 261 g/mol. The van der Waals surface area contributed by atoms with Crippen molar-refractivity contribution in [1.82, 2.24) is 25.4 Å². The lowest BCUT2D eigenvalue weighted by atomic mass is 10.0. The Kier molecular flexibility index (Phi) is 3.28. The Bertz CT molecular complexity index is 592. The number of nitrogens with zero attached hydrogens (tertiary/aromatic N) is 4. The highest BCUT2D eigenvalue weighted by atomic mass is 16.5. The predicted octanol–water partition coefficient (Wildman–Crippen LogP) is 1.14. The van der Waals surface area contributed by atoms with E-state index >= 15 is 0 Å².